The molecule has 8 heteroatoms. The highest BCUT2D eigenvalue weighted by Crippen LogP contribution is 2.32. The molecule has 31 heavy (non-hydrogen) atoms. The van der Waals surface area contributed by atoms with Gasteiger partial charge in [0.15, 0.2) is 5.65 Å². The molecule has 1 atom stereocenters. The van der Waals surface area contributed by atoms with Gasteiger partial charge in [0, 0.05) is 24.8 Å². The minimum atomic E-state index is -0.898. The second kappa shape index (κ2) is 8.06. The van der Waals surface area contributed by atoms with Crippen LogP contribution in [0.3, 0.4) is 0 Å². The Balaban J connectivity index is 1.47. The van der Waals surface area contributed by atoms with Gasteiger partial charge in [-0.3, -0.25) is 0 Å². The molecule has 1 saturated heterocycles. The van der Waals surface area contributed by atoms with Gasteiger partial charge in [0.2, 0.25) is 0 Å². The highest BCUT2D eigenvalue weighted by Gasteiger charge is 2.27. The second-order valence-corrected chi connectivity index (χ2v) is 7.52. The van der Waals surface area contributed by atoms with E-state index in [0.717, 1.165) is 41.0 Å². The zero-order chi connectivity index (χ0) is 21.2. The number of benzene rings is 2. The monoisotopic (exact) mass is 415 g/mol. The number of fused-ring (bicyclic) bond motifs is 1. The first-order valence-electron chi connectivity index (χ1n) is 10.2. The summed E-state index contributed by atoms with van der Waals surface area (Å²) < 4.78 is 7.74. The molecule has 2 aromatic heterocycles. The van der Waals surface area contributed by atoms with E-state index >= 15 is 0 Å². The molecular weight excluding hydrogens is 394 g/mol. The first-order valence-corrected chi connectivity index (χ1v) is 10.2. The molecule has 8 nitrogen and oxygen atoms in total. The summed E-state index contributed by atoms with van der Waals surface area (Å²) >= 11 is 0. The molecule has 2 aromatic carbocycles. The van der Waals surface area contributed by atoms with E-state index in [0.29, 0.717) is 18.7 Å². The standard InChI is InChI=1S/C23H21N5O3/c29-23(30)27-12-4-5-17(14-27)28-22-20(13-24-15-25-22)21(26-28)16-8-10-19(11-9-16)31-18-6-2-1-3-7-18/h1-3,6-11,13,15,17H,4-5,12,14H2,(H,29,30)/t17-/m1/s1. The van der Waals surface area contributed by atoms with E-state index in [2.05, 4.69) is 9.97 Å². The molecular formula is C23H21N5O3. The van der Waals surface area contributed by atoms with Gasteiger partial charge in [-0.25, -0.2) is 19.4 Å². The SMILES string of the molecule is O=C(O)N1CCC[C@@H](n2nc(-c3ccc(Oc4ccccc4)cc3)c3cncnc32)C1. The van der Waals surface area contributed by atoms with Crippen molar-refractivity contribution in [2.45, 2.75) is 18.9 Å². The van der Waals surface area contributed by atoms with Crippen molar-refractivity contribution in [1.29, 1.82) is 0 Å². The quantitative estimate of drug-likeness (QED) is 0.524. The maximum Gasteiger partial charge on any atom is 0.407 e. The van der Waals surface area contributed by atoms with E-state index in [-0.39, 0.29) is 6.04 Å². The van der Waals surface area contributed by atoms with Gasteiger partial charge in [-0.2, -0.15) is 5.10 Å². The predicted molar refractivity (Wildman–Crippen MR) is 115 cm³/mol. The largest absolute Gasteiger partial charge is 0.465 e. The zero-order valence-corrected chi connectivity index (χ0v) is 16.8. The van der Waals surface area contributed by atoms with E-state index in [1.54, 1.807) is 6.20 Å². The summed E-state index contributed by atoms with van der Waals surface area (Å²) in [6.07, 6.45) is 4.01. The number of carboxylic acid groups (broad SMARTS) is 1. The first-order chi connectivity index (χ1) is 15.2. The fourth-order valence-corrected chi connectivity index (χ4v) is 3.98. The summed E-state index contributed by atoms with van der Waals surface area (Å²) in [5.41, 5.74) is 2.41. The number of hydrogen-bond acceptors (Lipinski definition) is 5. The third kappa shape index (κ3) is 3.79. The number of nitrogens with zero attached hydrogens (tertiary/aromatic N) is 5. The molecule has 3 heterocycles. The predicted octanol–water partition coefficient (Wildman–Crippen LogP) is 4.60. The van der Waals surface area contributed by atoms with E-state index < -0.39 is 6.09 Å². The summed E-state index contributed by atoms with van der Waals surface area (Å²) in [5.74, 6) is 1.51. The molecule has 156 valence electrons. The molecule has 0 radical (unpaired) electrons. The Kier molecular flexibility index (Phi) is 4.95. The van der Waals surface area contributed by atoms with Crippen molar-refractivity contribution in [2.24, 2.45) is 0 Å². The average Bonchev–Trinajstić information content (AvgIpc) is 3.20. The molecule has 0 bridgehead atoms. The van der Waals surface area contributed by atoms with Gasteiger partial charge in [0.1, 0.15) is 23.5 Å². The van der Waals surface area contributed by atoms with Crippen molar-refractivity contribution < 1.29 is 14.6 Å². The van der Waals surface area contributed by atoms with E-state index in [1.807, 2.05) is 59.3 Å². The van der Waals surface area contributed by atoms with Crippen LogP contribution in [-0.2, 0) is 0 Å². The Bertz CT molecular complexity index is 1210. The van der Waals surface area contributed by atoms with Crippen LogP contribution in [0, 0.1) is 0 Å². The van der Waals surface area contributed by atoms with Crippen LogP contribution in [0.5, 0.6) is 11.5 Å². The maximum atomic E-state index is 11.4. The lowest BCUT2D eigenvalue weighted by atomic mass is 10.1. The Hall–Kier alpha value is -3.94. The first kappa shape index (κ1) is 19.0. The smallest absolute Gasteiger partial charge is 0.407 e. The van der Waals surface area contributed by atoms with Gasteiger partial charge in [-0.15, -0.1) is 0 Å². The van der Waals surface area contributed by atoms with Crippen LogP contribution in [0.4, 0.5) is 4.79 Å². The summed E-state index contributed by atoms with van der Waals surface area (Å²) in [4.78, 5) is 21.5. The van der Waals surface area contributed by atoms with Gasteiger partial charge in [-0.1, -0.05) is 18.2 Å². The van der Waals surface area contributed by atoms with E-state index in [9.17, 15) is 9.90 Å². The molecule has 1 amide bonds. The van der Waals surface area contributed by atoms with Gasteiger partial charge < -0.3 is 14.7 Å². The van der Waals surface area contributed by atoms with Gasteiger partial charge in [0.25, 0.3) is 0 Å². The molecule has 1 fully saturated rings. The highest BCUT2D eigenvalue weighted by molar-refractivity contribution is 5.90. The minimum absolute atomic E-state index is 0.0586. The van der Waals surface area contributed by atoms with Crippen LogP contribution >= 0.6 is 0 Å². The molecule has 1 aliphatic heterocycles. The third-order valence-corrected chi connectivity index (χ3v) is 5.49. The number of para-hydroxylation sites is 1. The fraction of sp³-hybridized carbons (Fsp3) is 0.217. The molecule has 5 rings (SSSR count). The molecule has 4 aromatic rings. The molecule has 1 aliphatic rings. The summed E-state index contributed by atoms with van der Waals surface area (Å²) in [5, 5.41) is 15.1. The zero-order valence-electron chi connectivity index (χ0n) is 16.8. The minimum Gasteiger partial charge on any atom is -0.465 e. The Morgan fingerprint density at radius 3 is 2.61 bits per heavy atom. The van der Waals surface area contributed by atoms with Gasteiger partial charge in [0.05, 0.1) is 11.4 Å². The van der Waals surface area contributed by atoms with Crippen molar-refractivity contribution in [3.8, 4) is 22.8 Å². The van der Waals surface area contributed by atoms with Crippen molar-refractivity contribution in [2.75, 3.05) is 13.1 Å². The van der Waals surface area contributed by atoms with Crippen LogP contribution < -0.4 is 4.74 Å². The lowest BCUT2D eigenvalue weighted by molar-refractivity contribution is 0.120. The number of rotatable bonds is 4. The van der Waals surface area contributed by atoms with Crippen LogP contribution in [0.2, 0.25) is 0 Å². The second-order valence-electron chi connectivity index (χ2n) is 7.52. The van der Waals surface area contributed by atoms with Crippen molar-refractivity contribution in [3.05, 3.63) is 67.1 Å². The van der Waals surface area contributed by atoms with Crippen LogP contribution in [-0.4, -0.2) is 48.9 Å². The summed E-state index contributed by atoms with van der Waals surface area (Å²) in [6.45, 7) is 0.954. The lowest BCUT2D eigenvalue weighted by Gasteiger charge is -2.30. The van der Waals surface area contributed by atoms with Gasteiger partial charge >= 0.3 is 6.09 Å². The molecule has 0 saturated carbocycles. The van der Waals surface area contributed by atoms with Crippen LogP contribution in [0.25, 0.3) is 22.3 Å². The number of likely N-dealkylation sites (tertiary alicyclic amines) is 1. The van der Waals surface area contributed by atoms with Crippen molar-refractivity contribution >= 4 is 17.1 Å². The fourth-order valence-electron chi connectivity index (χ4n) is 3.98. The van der Waals surface area contributed by atoms with Crippen molar-refractivity contribution in [3.63, 3.8) is 0 Å². The lowest BCUT2D eigenvalue weighted by Crippen LogP contribution is -2.40. The summed E-state index contributed by atoms with van der Waals surface area (Å²) in [6, 6.07) is 17.3. The van der Waals surface area contributed by atoms with E-state index in [4.69, 9.17) is 9.84 Å². The maximum absolute atomic E-state index is 11.4. The Morgan fingerprint density at radius 2 is 1.84 bits per heavy atom. The average molecular weight is 415 g/mol. The molecule has 0 unspecified atom stereocenters. The topological polar surface area (TPSA) is 93.4 Å². The number of aromatic nitrogens is 4. The number of ether oxygens (including phenoxy) is 1. The molecule has 1 N–H and O–H groups in total. The number of amides is 1. The highest BCUT2D eigenvalue weighted by atomic mass is 16.5. The Morgan fingerprint density at radius 1 is 1.06 bits per heavy atom. The van der Waals surface area contributed by atoms with E-state index in [1.165, 1.54) is 11.2 Å². The normalized spacial score (nSPS) is 16.4. The van der Waals surface area contributed by atoms with Crippen LogP contribution in [0.1, 0.15) is 18.9 Å². The third-order valence-electron chi connectivity index (χ3n) is 5.49. The number of piperidine rings is 1. The summed E-state index contributed by atoms with van der Waals surface area (Å²) in [7, 11) is 0. The van der Waals surface area contributed by atoms with Gasteiger partial charge in [-0.05, 0) is 49.2 Å². The van der Waals surface area contributed by atoms with Crippen molar-refractivity contribution in [1.82, 2.24) is 24.6 Å². The van der Waals surface area contributed by atoms with Crippen LogP contribution in [0.15, 0.2) is 67.1 Å². The molecule has 0 aliphatic carbocycles. The molecule has 0 spiro atoms. The number of carbonyl (C=O) groups is 1. The Labute approximate surface area is 178 Å². The number of hydrogen-bond donors (Lipinski definition) is 1.